The minimum absolute atomic E-state index is 0.0263. The van der Waals surface area contributed by atoms with Crippen molar-refractivity contribution in [2.45, 2.75) is 6.42 Å². The summed E-state index contributed by atoms with van der Waals surface area (Å²) in [5.74, 6) is -2.42. The number of non-ortho nitro benzene ring substituents is 1. The molecule has 1 aromatic carbocycles. The Morgan fingerprint density at radius 2 is 1.85 bits per heavy atom. The van der Waals surface area contributed by atoms with E-state index in [1.54, 1.807) is 0 Å². The Kier molecular flexibility index (Phi) is 3.53. The van der Waals surface area contributed by atoms with Crippen LogP contribution in [0.4, 0.5) is 11.4 Å². The molecular formula is C17H15N3O6. The van der Waals surface area contributed by atoms with Crippen molar-refractivity contribution < 1.29 is 24.4 Å². The number of nitro benzene ring substituents is 1. The topological polar surface area (TPSA) is 130 Å². The summed E-state index contributed by atoms with van der Waals surface area (Å²) in [6, 6.07) is 3.24. The molecule has 1 saturated heterocycles. The van der Waals surface area contributed by atoms with Gasteiger partial charge in [-0.2, -0.15) is 0 Å². The average molecular weight is 357 g/mol. The molecular weight excluding hydrogens is 342 g/mol. The van der Waals surface area contributed by atoms with Gasteiger partial charge in [0.05, 0.1) is 28.5 Å². The minimum Gasteiger partial charge on any atom is -0.506 e. The summed E-state index contributed by atoms with van der Waals surface area (Å²) >= 11 is 0. The third-order valence-electron chi connectivity index (χ3n) is 5.33. The van der Waals surface area contributed by atoms with Gasteiger partial charge in [0, 0.05) is 6.07 Å². The van der Waals surface area contributed by atoms with E-state index in [0.717, 1.165) is 23.5 Å². The predicted molar refractivity (Wildman–Crippen MR) is 87.8 cm³/mol. The third-order valence-corrected chi connectivity index (χ3v) is 5.33. The fraction of sp³-hybridized carbons (Fsp3) is 0.353. The minimum atomic E-state index is -0.673. The molecule has 2 fully saturated rings. The molecule has 2 aliphatic carbocycles. The van der Waals surface area contributed by atoms with Gasteiger partial charge in [0.2, 0.25) is 17.7 Å². The smallest absolute Gasteiger partial charge is 0.273 e. The zero-order valence-corrected chi connectivity index (χ0v) is 13.5. The Hall–Kier alpha value is -3.23. The Morgan fingerprint density at radius 1 is 1.23 bits per heavy atom. The molecule has 4 atom stereocenters. The summed E-state index contributed by atoms with van der Waals surface area (Å²) in [5, 5.41) is 22.8. The van der Waals surface area contributed by atoms with Crippen molar-refractivity contribution in [3.8, 4) is 5.75 Å². The van der Waals surface area contributed by atoms with E-state index in [2.05, 4.69) is 5.32 Å². The Balaban J connectivity index is 1.45. The average Bonchev–Trinajstić information content (AvgIpc) is 3.26. The highest BCUT2D eigenvalue weighted by Gasteiger charge is 2.59. The maximum Gasteiger partial charge on any atom is 0.273 e. The van der Waals surface area contributed by atoms with Crippen LogP contribution in [0.2, 0.25) is 0 Å². The quantitative estimate of drug-likeness (QED) is 0.272. The first-order valence-corrected chi connectivity index (χ1v) is 8.17. The highest BCUT2D eigenvalue weighted by atomic mass is 16.6. The molecule has 2 N–H and O–H groups in total. The Bertz CT molecular complexity index is 849. The van der Waals surface area contributed by atoms with Gasteiger partial charge in [0.1, 0.15) is 12.3 Å². The number of fused-ring (bicyclic) bond motifs is 5. The maximum atomic E-state index is 12.5. The van der Waals surface area contributed by atoms with Crippen LogP contribution in [0.15, 0.2) is 30.4 Å². The summed E-state index contributed by atoms with van der Waals surface area (Å²) in [6.45, 7) is -0.444. The number of carbonyl (C=O) groups excluding carboxylic acids is 3. The normalized spacial score (nSPS) is 28.5. The third kappa shape index (κ3) is 2.35. The number of likely N-dealkylation sites (tertiary alicyclic amines) is 1. The standard InChI is InChI=1S/C17H15N3O6/c21-12-6-10(20(25)26)3-4-11(12)18-13(22)7-19-16(23)14-8-1-2-9(5-8)15(14)17(19)24/h1-4,6,8-9,14-15,21H,5,7H2,(H,18,22)/t8-,9-,14-,15-/m0/s1. The molecule has 134 valence electrons. The number of benzene rings is 1. The number of rotatable bonds is 4. The first-order chi connectivity index (χ1) is 12.4. The molecule has 0 unspecified atom stereocenters. The van der Waals surface area contributed by atoms with E-state index < -0.39 is 23.1 Å². The first-order valence-electron chi connectivity index (χ1n) is 8.17. The molecule has 1 aliphatic heterocycles. The number of phenols is 1. The van der Waals surface area contributed by atoms with Crippen LogP contribution in [0.1, 0.15) is 6.42 Å². The molecule has 26 heavy (non-hydrogen) atoms. The van der Waals surface area contributed by atoms with E-state index in [9.17, 15) is 29.6 Å². The summed E-state index contributed by atoms with van der Waals surface area (Å²) in [7, 11) is 0. The number of amides is 3. The molecule has 1 aromatic rings. The van der Waals surface area contributed by atoms with Crippen LogP contribution >= 0.6 is 0 Å². The molecule has 0 radical (unpaired) electrons. The number of nitro groups is 1. The Morgan fingerprint density at radius 3 is 2.38 bits per heavy atom. The molecule has 1 heterocycles. The summed E-state index contributed by atoms with van der Waals surface area (Å²) in [5.41, 5.74) is -0.345. The van der Waals surface area contributed by atoms with Crippen LogP contribution in [-0.4, -0.2) is 39.2 Å². The van der Waals surface area contributed by atoms with Crippen molar-refractivity contribution in [1.29, 1.82) is 0 Å². The molecule has 2 bridgehead atoms. The van der Waals surface area contributed by atoms with Gasteiger partial charge in [0.15, 0.2) is 0 Å². The molecule has 3 amide bonds. The number of imide groups is 1. The number of phenolic OH excluding ortho intramolecular Hbond substituents is 1. The largest absolute Gasteiger partial charge is 0.506 e. The summed E-state index contributed by atoms with van der Waals surface area (Å²) in [6.07, 6.45) is 4.74. The fourth-order valence-electron chi connectivity index (χ4n) is 4.19. The SMILES string of the molecule is O=C(CN1C(=O)[C@@H]2[C@@H](C1=O)[C@H]1C=C[C@H]2C1)Nc1ccc([N+](=O)[O-])cc1O. The summed E-state index contributed by atoms with van der Waals surface area (Å²) in [4.78, 5) is 48.2. The van der Waals surface area contributed by atoms with Gasteiger partial charge in [-0.15, -0.1) is 0 Å². The molecule has 9 nitrogen and oxygen atoms in total. The van der Waals surface area contributed by atoms with E-state index in [0.29, 0.717) is 0 Å². The number of aromatic hydroxyl groups is 1. The van der Waals surface area contributed by atoms with Gasteiger partial charge in [-0.1, -0.05) is 12.2 Å². The van der Waals surface area contributed by atoms with Crippen molar-refractivity contribution in [1.82, 2.24) is 4.90 Å². The lowest BCUT2D eigenvalue weighted by Gasteiger charge is -2.17. The lowest BCUT2D eigenvalue weighted by atomic mass is 9.85. The lowest BCUT2D eigenvalue weighted by Crippen LogP contribution is -2.39. The second kappa shape index (κ2) is 5.65. The van der Waals surface area contributed by atoms with Crippen LogP contribution in [0.25, 0.3) is 0 Å². The number of anilines is 1. The van der Waals surface area contributed by atoms with Crippen molar-refractivity contribution in [2.24, 2.45) is 23.7 Å². The van der Waals surface area contributed by atoms with Crippen molar-refractivity contribution in [3.63, 3.8) is 0 Å². The van der Waals surface area contributed by atoms with E-state index in [1.807, 2.05) is 12.2 Å². The van der Waals surface area contributed by atoms with Crippen molar-refractivity contribution >= 4 is 29.1 Å². The number of hydrogen-bond acceptors (Lipinski definition) is 6. The number of nitrogens with zero attached hydrogens (tertiary/aromatic N) is 2. The Labute approximate surface area is 147 Å². The lowest BCUT2D eigenvalue weighted by molar-refractivity contribution is -0.384. The number of hydrogen-bond donors (Lipinski definition) is 2. The molecule has 1 saturated carbocycles. The van der Waals surface area contributed by atoms with Gasteiger partial charge in [0.25, 0.3) is 5.69 Å². The van der Waals surface area contributed by atoms with Crippen LogP contribution in [0.3, 0.4) is 0 Å². The van der Waals surface area contributed by atoms with Gasteiger partial charge in [-0.3, -0.25) is 29.4 Å². The van der Waals surface area contributed by atoms with Gasteiger partial charge < -0.3 is 10.4 Å². The highest BCUT2D eigenvalue weighted by Crippen LogP contribution is 2.52. The monoisotopic (exact) mass is 357 g/mol. The van der Waals surface area contributed by atoms with E-state index in [1.165, 1.54) is 6.07 Å². The van der Waals surface area contributed by atoms with Gasteiger partial charge in [-0.05, 0) is 24.3 Å². The number of carbonyl (C=O) groups is 3. The number of allylic oxidation sites excluding steroid dienone is 2. The molecule has 9 heteroatoms. The summed E-state index contributed by atoms with van der Waals surface area (Å²) < 4.78 is 0. The van der Waals surface area contributed by atoms with E-state index >= 15 is 0 Å². The van der Waals surface area contributed by atoms with Crippen molar-refractivity contribution in [3.05, 3.63) is 40.5 Å². The molecule has 4 rings (SSSR count). The maximum absolute atomic E-state index is 12.5. The fourth-order valence-corrected chi connectivity index (χ4v) is 4.19. The molecule has 3 aliphatic rings. The van der Waals surface area contributed by atoms with Gasteiger partial charge in [-0.25, -0.2) is 0 Å². The second-order valence-electron chi connectivity index (χ2n) is 6.77. The van der Waals surface area contributed by atoms with E-state index in [4.69, 9.17) is 0 Å². The van der Waals surface area contributed by atoms with E-state index in [-0.39, 0.29) is 46.9 Å². The zero-order chi connectivity index (χ0) is 18.6. The van der Waals surface area contributed by atoms with Crippen LogP contribution < -0.4 is 5.32 Å². The number of nitrogens with one attached hydrogen (secondary N) is 1. The van der Waals surface area contributed by atoms with Gasteiger partial charge >= 0.3 is 0 Å². The zero-order valence-electron chi connectivity index (χ0n) is 13.5. The van der Waals surface area contributed by atoms with Crippen LogP contribution in [-0.2, 0) is 14.4 Å². The van der Waals surface area contributed by atoms with Crippen LogP contribution in [0, 0.1) is 33.8 Å². The second-order valence-corrected chi connectivity index (χ2v) is 6.77. The first kappa shape index (κ1) is 16.2. The van der Waals surface area contributed by atoms with Crippen molar-refractivity contribution in [2.75, 3.05) is 11.9 Å². The molecule has 0 aromatic heterocycles. The van der Waals surface area contributed by atoms with Crippen LogP contribution in [0.5, 0.6) is 5.75 Å². The molecule has 0 spiro atoms. The predicted octanol–water partition coefficient (Wildman–Crippen LogP) is 1.05. The highest BCUT2D eigenvalue weighted by molar-refractivity contribution is 6.09.